The van der Waals surface area contributed by atoms with Crippen molar-refractivity contribution in [3.05, 3.63) is 77.5 Å². The minimum atomic E-state index is 0.491. The largest absolute Gasteiger partial charge is 0.418 e. The first-order chi connectivity index (χ1) is 12.8. The van der Waals surface area contributed by atoms with Crippen LogP contribution in [0.15, 0.2) is 65.1 Å². The lowest BCUT2D eigenvalue weighted by Gasteiger charge is -2.05. The summed E-state index contributed by atoms with van der Waals surface area (Å²) in [6.07, 6.45) is 0.721. The molecule has 0 atom stereocenters. The first-order valence-corrected chi connectivity index (χ1v) is 8.29. The van der Waals surface area contributed by atoms with Crippen LogP contribution >= 0.6 is 0 Å². The molecule has 0 aliphatic carbocycles. The van der Waals surface area contributed by atoms with E-state index in [1.54, 1.807) is 12.1 Å². The van der Waals surface area contributed by atoms with E-state index >= 15 is 0 Å². The molecule has 0 bridgehead atoms. The van der Waals surface area contributed by atoms with Gasteiger partial charge in [0.15, 0.2) is 5.52 Å². The zero-order valence-electron chi connectivity index (χ0n) is 14.2. The highest BCUT2D eigenvalue weighted by molar-refractivity contribution is 5.86. The van der Waals surface area contributed by atoms with Gasteiger partial charge >= 0.3 is 0 Å². The molecular weight excluding hydrogens is 324 g/mol. The van der Waals surface area contributed by atoms with Gasteiger partial charge in [-0.3, -0.25) is 0 Å². The molecule has 0 unspecified atom stereocenters. The van der Waals surface area contributed by atoms with Gasteiger partial charge in [-0.25, -0.2) is 9.97 Å². The van der Waals surface area contributed by atoms with Crippen LogP contribution in [0.5, 0.6) is 0 Å². The highest BCUT2D eigenvalue weighted by Gasteiger charge is 2.14. The van der Waals surface area contributed by atoms with Gasteiger partial charge in [0.25, 0.3) is 0 Å². The van der Waals surface area contributed by atoms with Crippen molar-refractivity contribution in [2.45, 2.75) is 6.42 Å². The maximum absolute atomic E-state index is 8.93. The number of fused-ring (bicyclic) bond motifs is 1. The molecule has 0 aliphatic heterocycles. The number of hydrogen-bond acceptors (Lipinski definition) is 5. The highest BCUT2D eigenvalue weighted by Crippen LogP contribution is 2.29. The molecule has 5 heteroatoms. The molecule has 0 saturated heterocycles. The molecule has 0 fully saturated rings. The van der Waals surface area contributed by atoms with E-state index in [4.69, 9.17) is 9.68 Å². The number of nitrogens with one attached hydrogen (secondary N) is 1. The van der Waals surface area contributed by atoms with Gasteiger partial charge in [-0.15, -0.1) is 0 Å². The number of rotatable bonds is 4. The zero-order valence-corrected chi connectivity index (χ0v) is 14.2. The summed E-state index contributed by atoms with van der Waals surface area (Å²) >= 11 is 0. The van der Waals surface area contributed by atoms with Crippen molar-refractivity contribution >= 4 is 16.9 Å². The average molecular weight is 340 g/mol. The molecular formula is C21H16N4O. The molecule has 2 heterocycles. The molecule has 5 nitrogen and oxygen atoms in total. The molecule has 4 rings (SSSR count). The number of pyridine rings is 1. The SMILES string of the molecule is CNc1cc(Cc2ccccc2)nc2oc(-c3ccc(C#N)cc3)nc12. The molecule has 126 valence electrons. The normalized spacial score (nSPS) is 10.6. The summed E-state index contributed by atoms with van der Waals surface area (Å²) in [4.78, 5) is 9.22. The van der Waals surface area contributed by atoms with E-state index in [2.05, 4.69) is 33.5 Å². The van der Waals surface area contributed by atoms with Gasteiger partial charge in [-0.1, -0.05) is 30.3 Å². The first-order valence-electron chi connectivity index (χ1n) is 8.29. The smallest absolute Gasteiger partial charge is 0.249 e. The van der Waals surface area contributed by atoms with Crippen LogP contribution in [0.25, 0.3) is 22.7 Å². The van der Waals surface area contributed by atoms with Crippen molar-refractivity contribution in [1.29, 1.82) is 5.26 Å². The third kappa shape index (κ3) is 3.01. The van der Waals surface area contributed by atoms with Crippen LogP contribution in [0, 0.1) is 11.3 Å². The second-order valence-electron chi connectivity index (χ2n) is 5.94. The Labute approximate surface area is 150 Å². The van der Waals surface area contributed by atoms with Crippen LogP contribution in [0.4, 0.5) is 5.69 Å². The standard InChI is InChI=1S/C21H16N4O/c1-23-18-12-17(11-14-5-3-2-4-6-14)24-21-19(18)25-20(26-21)16-9-7-15(13-22)8-10-16/h2-10,12H,11H2,1H3,(H,23,24). The van der Waals surface area contributed by atoms with Crippen molar-refractivity contribution < 1.29 is 4.42 Å². The van der Waals surface area contributed by atoms with Crippen molar-refractivity contribution in [3.63, 3.8) is 0 Å². The van der Waals surface area contributed by atoms with E-state index in [-0.39, 0.29) is 0 Å². The van der Waals surface area contributed by atoms with Crippen LogP contribution in [0.1, 0.15) is 16.8 Å². The molecule has 1 N–H and O–H groups in total. The topological polar surface area (TPSA) is 74.7 Å². The maximum Gasteiger partial charge on any atom is 0.249 e. The summed E-state index contributed by atoms with van der Waals surface area (Å²) in [5.74, 6) is 0.491. The maximum atomic E-state index is 8.93. The minimum absolute atomic E-state index is 0.491. The van der Waals surface area contributed by atoms with Crippen LogP contribution in [-0.2, 0) is 6.42 Å². The lowest BCUT2D eigenvalue weighted by atomic mass is 10.1. The van der Waals surface area contributed by atoms with Crippen LogP contribution in [0.3, 0.4) is 0 Å². The minimum Gasteiger partial charge on any atom is -0.418 e. The molecule has 26 heavy (non-hydrogen) atoms. The first kappa shape index (κ1) is 15.9. The Bertz CT molecular complexity index is 1090. The quantitative estimate of drug-likeness (QED) is 0.596. The average Bonchev–Trinajstić information content (AvgIpc) is 3.12. The summed E-state index contributed by atoms with van der Waals surface area (Å²) in [6, 6.07) is 21.4. The van der Waals surface area contributed by atoms with Crippen LogP contribution < -0.4 is 5.32 Å². The molecule has 4 aromatic rings. The van der Waals surface area contributed by atoms with Crippen molar-refractivity contribution in [1.82, 2.24) is 9.97 Å². The van der Waals surface area contributed by atoms with E-state index in [1.165, 1.54) is 5.56 Å². The Morgan fingerprint density at radius 3 is 2.50 bits per heavy atom. The van der Waals surface area contributed by atoms with Gasteiger partial charge in [0.1, 0.15) is 0 Å². The Morgan fingerprint density at radius 2 is 1.81 bits per heavy atom. The summed E-state index contributed by atoms with van der Waals surface area (Å²) in [5, 5.41) is 12.1. The Morgan fingerprint density at radius 1 is 1.04 bits per heavy atom. The fourth-order valence-corrected chi connectivity index (χ4v) is 2.86. The lowest BCUT2D eigenvalue weighted by Crippen LogP contribution is -1.97. The van der Waals surface area contributed by atoms with E-state index in [1.807, 2.05) is 43.4 Å². The summed E-state index contributed by atoms with van der Waals surface area (Å²) < 4.78 is 5.90. The zero-order chi connectivity index (χ0) is 17.9. The number of anilines is 1. The fraction of sp³-hybridized carbons (Fsp3) is 0.0952. The van der Waals surface area contributed by atoms with Gasteiger partial charge in [-0.05, 0) is 35.9 Å². The predicted octanol–water partition coefficient (Wildman–Crippen LogP) is 4.39. The van der Waals surface area contributed by atoms with Crippen molar-refractivity contribution in [2.24, 2.45) is 0 Å². The number of benzene rings is 2. The molecule has 0 radical (unpaired) electrons. The second-order valence-corrected chi connectivity index (χ2v) is 5.94. The number of aromatic nitrogens is 2. The van der Waals surface area contributed by atoms with Crippen molar-refractivity contribution in [3.8, 4) is 17.5 Å². The van der Waals surface area contributed by atoms with Crippen LogP contribution in [-0.4, -0.2) is 17.0 Å². The highest BCUT2D eigenvalue weighted by atomic mass is 16.4. The third-order valence-corrected chi connectivity index (χ3v) is 4.18. The summed E-state index contributed by atoms with van der Waals surface area (Å²) in [7, 11) is 1.86. The van der Waals surface area contributed by atoms with E-state index in [0.717, 1.165) is 23.4 Å². The molecule has 2 aromatic carbocycles. The van der Waals surface area contributed by atoms with Gasteiger partial charge in [0.05, 0.1) is 23.0 Å². The van der Waals surface area contributed by atoms with Gasteiger partial charge in [-0.2, -0.15) is 5.26 Å². The number of hydrogen-bond donors (Lipinski definition) is 1. The predicted molar refractivity (Wildman–Crippen MR) is 101 cm³/mol. The summed E-state index contributed by atoms with van der Waals surface area (Å²) in [6.45, 7) is 0. The second kappa shape index (κ2) is 6.69. The molecule has 0 saturated carbocycles. The Hall–Kier alpha value is -3.65. The summed E-state index contributed by atoms with van der Waals surface area (Å²) in [5.41, 5.74) is 5.59. The van der Waals surface area contributed by atoms with Crippen LogP contribution in [0.2, 0.25) is 0 Å². The third-order valence-electron chi connectivity index (χ3n) is 4.18. The van der Waals surface area contributed by atoms with E-state index < -0.39 is 0 Å². The van der Waals surface area contributed by atoms with Crippen molar-refractivity contribution in [2.75, 3.05) is 12.4 Å². The van der Waals surface area contributed by atoms with Gasteiger partial charge in [0, 0.05) is 19.0 Å². The Kier molecular flexibility index (Phi) is 4.08. The van der Waals surface area contributed by atoms with E-state index in [0.29, 0.717) is 22.7 Å². The Balaban J connectivity index is 1.75. The fourth-order valence-electron chi connectivity index (χ4n) is 2.86. The molecule has 2 aromatic heterocycles. The van der Waals surface area contributed by atoms with Gasteiger partial charge < -0.3 is 9.73 Å². The number of nitrogens with zero attached hydrogens (tertiary/aromatic N) is 3. The molecule has 0 spiro atoms. The number of nitriles is 1. The lowest BCUT2D eigenvalue weighted by molar-refractivity contribution is 0.606. The van der Waals surface area contributed by atoms with E-state index in [9.17, 15) is 0 Å². The molecule has 0 amide bonds. The number of oxazole rings is 1. The molecule has 0 aliphatic rings. The monoisotopic (exact) mass is 340 g/mol. The van der Waals surface area contributed by atoms with Gasteiger partial charge in [0.2, 0.25) is 11.6 Å².